The molecule has 1 aromatic rings. The normalized spacial score (nSPS) is 16.4. The van der Waals surface area contributed by atoms with E-state index in [0.29, 0.717) is 12.6 Å². The molecular formula is C15H25N3O. The van der Waals surface area contributed by atoms with E-state index in [0.717, 1.165) is 36.1 Å². The molecule has 0 saturated heterocycles. The quantitative estimate of drug-likeness (QED) is 0.818. The van der Waals surface area contributed by atoms with Crippen LogP contribution >= 0.6 is 0 Å². The van der Waals surface area contributed by atoms with Crippen LogP contribution in [-0.4, -0.2) is 31.3 Å². The Morgan fingerprint density at radius 2 is 2.21 bits per heavy atom. The molecule has 4 nitrogen and oxygen atoms in total. The lowest BCUT2D eigenvalue weighted by Crippen LogP contribution is -2.38. The Morgan fingerprint density at radius 1 is 1.47 bits per heavy atom. The summed E-state index contributed by atoms with van der Waals surface area (Å²) in [5.74, 6) is 1.84. The van der Waals surface area contributed by atoms with Gasteiger partial charge in [-0.05, 0) is 50.3 Å². The molecule has 0 bridgehead atoms. The van der Waals surface area contributed by atoms with Gasteiger partial charge in [0.25, 0.3) is 0 Å². The summed E-state index contributed by atoms with van der Waals surface area (Å²) in [6.07, 6.45) is 2.67. The first kappa shape index (κ1) is 14.3. The third-order valence-electron chi connectivity index (χ3n) is 3.86. The highest BCUT2D eigenvalue weighted by molar-refractivity contribution is 5.44. The Kier molecular flexibility index (Phi) is 4.77. The summed E-state index contributed by atoms with van der Waals surface area (Å²) in [4.78, 5) is 7.05. The standard InChI is InChI=1S/C15H25N3O/c1-11-8-13(10-16)9-15(17-11)18(6-7-19-3)12(2)14-4-5-14/h8-9,12,14H,4-7,10,16H2,1-3H3. The monoisotopic (exact) mass is 263 g/mol. The number of aromatic nitrogens is 1. The maximum absolute atomic E-state index is 5.77. The SMILES string of the molecule is COCCN(c1cc(CN)cc(C)n1)C(C)C1CC1. The smallest absolute Gasteiger partial charge is 0.129 e. The molecule has 4 heteroatoms. The van der Waals surface area contributed by atoms with Crippen LogP contribution in [0, 0.1) is 12.8 Å². The minimum Gasteiger partial charge on any atom is -0.383 e. The van der Waals surface area contributed by atoms with Gasteiger partial charge in [-0.15, -0.1) is 0 Å². The molecule has 1 saturated carbocycles. The number of methoxy groups -OCH3 is 1. The minimum absolute atomic E-state index is 0.523. The van der Waals surface area contributed by atoms with E-state index in [4.69, 9.17) is 10.5 Å². The fraction of sp³-hybridized carbons (Fsp3) is 0.667. The second-order valence-corrected chi connectivity index (χ2v) is 5.44. The molecule has 1 atom stereocenters. The first-order valence-corrected chi connectivity index (χ1v) is 7.09. The van der Waals surface area contributed by atoms with Gasteiger partial charge in [0.2, 0.25) is 0 Å². The molecule has 0 aliphatic heterocycles. The number of hydrogen-bond donors (Lipinski definition) is 1. The number of aryl methyl sites for hydroxylation is 1. The van der Waals surface area contributed by atoms with Gasteiger partial charge in [-0.2, -0.15) is 0 Å². The summed E-state index contributed by atoms with van der Waals surface area (Å²) < 4.78 is 5.24. The predicted molar refractivity (Wildman–Crippen MR) is 78.3 cm³/mol. The van der Waals surface area contributed by atoms with Crippen molar-refractivity contribution in [3.63, 3.8) is 0 Å². The second kappa shape index (κ2) is 6.35. The van der Waals surface area contributed by atoms with Crippen LogP contribution in [0.3, 0.4) is 0 Å². The van der Waals surface area contributed by atoms with E-state index < -0.39 is 0 Å². The Balaban J connectivity index is 2.22. The Labute approximate surface area is 116 Å². The van der Waals surface area contributed by atoms with E-state index in [9.17, 15) is 0 Å². The summed E-state index contributed by atoms with van der Waals surface area (Å²) in [5, 5.41) is 0. The van der Waals surface area contributed by atoms with Gasteiger partial charge in [-0.25, -0.2) is 4.98 Å². The molecule has 106 valence electrons. The number of pyridine rings is 1. The van der Waals surface area contributed by atoms with Crippen molar-refractivity contribution < 1.29 is 4.74 Å². The number of ether oxygens (including phenoxy) is 1. The Hall–Kier alpha value is -1.13. The number of nitrogens with two attached hydrogens (primary N) is 1. The van der Waals surface area contributed by atoms with E-state index >= 15 is 0 Å². The summed E-state index contributed by atoms with van der Waals surface area (Å²) in [6, 6.07) is 4.69. The maximum Gasteiger partial charge on any atom is 0.129 e. The number of hydrogen-bond acceptors (Lipinski definition) is 4. The van der Waals surface area contributed by atoms with Gasteiger partial charge in [0.05, 0.1) is 6.61 Å². The van der Waals surface area contributed by atoms with Gasteiger partial charge in [0.15, 0.2) is 0 Å². The number of anilines is 1. The van der Waals surface area contributed by atoms with Gasteiger partial charge in [0, 0.05) is 31.9 Å². The zero-order valence-corrected chi connectivity index (χ0v) is 12.2. The van der Waals surface area contributed by atoms with Crippen molar-refractivity contribution >= 4 is 5.82 Å². The van der Waals surface area contributed by atoms with E-state index in [1.807, 2.05) is 6.92 Å². The lowest BCUT2D eigenvalue weighted by molar-refractivity contribution is 0.202. The molecule has 1 aromatic heterocycles. The average Bonchev–Trinajstić information content (AvgIpc) is 3.22. The van der Waals surface area contributed by atoms with E-state index in [2.05, 4.69) is 28.9 Å². The van der Waals surface area contributed by atoms with Crippen LogP contribution in [0.2, 0.25) is 0 Å². The van der Waals surface area contributed by atoms with Crippen molar-refractivity contribution in [3.8, 4) is 0 Å². The summed E-state index contributed by atoms with van der Waals surface area (Å²) in [6.45, 7) is 6.49. The Bertz CT molecular complexity index is 418. The molecular weight excluding hydrogens is 238 g/mol. The highest BCUT2D eigenvalue weighted by atomic mass is 16.5. The maximum atomic E-state index is 5.77. The molecule has 0 amide bonds. The van der Waals surface area contributed by atoms with Gasteiger partial charge >= 0.3 is 0 Å². The van der Waals surface area contributed by atoms with Crippen LogP contribution < -0.4 is 10.6 Å². The summed E-state index contributed by atoms with van der Waals surface area (Å²) in [5.41, 5.74) is 7.94. The van der Waals surface area contributed by atoms with Crippen molar-refractivity contribution in [2.24, 2.45) is 11.7 Å². The highest BCUT2D eigenvalue weighted by Crippen LogP contribution is 2.36. The Morgan fingerprint density at radius 3 is 2.79 bits per heavy atom. The van der Waals surface area contributed by atoms with Crippen molar-refractivity contribution in [2.75, 3.05) is 25.2 Å². The molecule has 2 rings (SSSR count). The molecule has 0 radical (unpaired) electrons. The van der Waals surface area contributed by atoms with Crippen LogP contribution in [0.15, 0.2) is 12.1 Å². The highest BCUT2D eigenvalue weighted by Gasteiger charge is 2.32. The van der Waals surface area contributed by atoms with Crippen LogP contribution in [0.5, 0.6) is 0 Å². The van der Waals surface area contributed by atoms with Crippen molar-refractivity contribution in [1.29, 1.82) is 0 Å². The van der Waals surface area contributed by atoms with Crippen molar-refractivity contribution in [2.45, 2.75) is 39.3 Å². The third kappa shape index (κ3) is 3.67. The van der Waals surface area contributed by atoms with Gasteiger partial charge in [-0.3, -0.25) is 0 Å². The molecule has 1 heterocycles. The molecule has 19 heavy (non-hydrogen) atoms. The van der Waals surface area contributed by atoms with E-state index in [1.54, 1.807) is 7.11 Å². The van der Waals surface area contributed by atoms with Gasteiger partial charge in [-0.1, -0.05) is 0 Å². The number of nitrogens with zero attached hydrogens (tertiary/aromatic N) is 2. The zero-order chi connectivity index (χ0) is 13.8. The topological polar surface area (TPSA) is 51.4 Å². The minimum atomic E-state index is 0.523. The average molecular weight is 263 g/mol. The third-order valence-corrected chi connectivity index (χ3v) is 3.86. The fourth-order valence-corrected chi connectivity index (χ4v) is 2.54. The summed E-state index contributed by atoms with van der Waals surface area (Å²) in [7, 11) is 1.74. The van der Waals surface area contributed by atoms with Crippen LogP contribution in [0.1, 0.15) is 31.0 Å². The predicted octanol–water partition coefficient (Wildman–Crippen LogP) is 2.10. The molecule has 1 aliphatic carbocycles. The molecule has 1 aliphatic rings. The van der Waals surface area contributed by atoms with Crippen LogP contribution in [-0.2, 0) is 11.3 Å². The first-order chi connectivity index (χ1) is 9.15. The molecule has 1 fully saturated rings. The van der Waals surface area contributed by atoms with Gasteiger partial charge < -0.3 is 15.4 Å². The fourth-order valence-electron chi connectivity index (χ4n) is 2.54. The lowest BCUT2D eigenvalue weighted by Gasteiger charge is -2.31. The van der Waals surface area contributed by atoms with Crippen molar-refractivity contribution in [3.05, 3.63) is 23.4 Å². The molecule has 1 unspecified atom stereocenters. The van der Waals surface area contributed by atoms with Crippen molar-refractivity contribution in [1.82, 2.24) is 4.98 Å². The van der Waals surface area contributed by atoms with E-state index in [1.165, 1.54) is 12.8 Å². The van der Waals surface area contributed by atoms with Crippen LogP contribution in [0.4, 0.5) is 5.82 Å². The second-order valence-electron chi connectivity index (χ2n) is 5.44. The zero-order valence-electron chi connectivity index (χ0n) is 12.2. The first-order valence-electron chi connectivity index (χ1n) is 7.09. The van der Waals surface area contributed by atoms with Crippen LogP contribution in [0.25, 0.3) is 0 Å². The number of rotatable bonds is 7. The largest absolute Gasteiger partial charge is 0.383 e. The summed E-state index contributed by atoms with van der Waals surface area (Å²) >= 11 is 0. The molecule has 0 spiro atoms. The molecule has 0 aromatic carbocycles. The lowest BCUT2D eigenvalue weighted by atomic mass is 10.1. The van der Waals surface area contributed by atoms with E-state index in [-0.39, 0.29) is 0 Å². The molecule has 2 N–H and O–H groups in total. The van der Waals surface area contributed by atoms with Gasteiger partial charge in [0.1, 0.15) is 5.82 Å².